The number of nitrogens with one attached hydrogen (secondary N) is 1. The number of ether oxygens (including phenoxy) is 2. The number of Topliss-reactive ketones (excluding diaryl/α,β-unsaturated/α-hetero) is 1. The molecule has 2 aromatic heterocycles. The van der Waals surface area contributed by atoms with E-state index < -0.39 is 11.0 Å². The maximum atomic E-state index is 13.1. The van der Waals surface area contributed by atoms with Gasteiger partial charge >= 0.3 is 0 Å². The predicted octanol–water partition coefficient (Wildman–Crippen LogP) is 4.08. The molecule has 0 unspecified atom stereocenters. The van der Waals surface area contributed by atoms with Crippen molar-refractivity contribution in [1.82, 2.24) is 9.97 Å². The summed E-state index contributed by atoms with van der Waals surface area (Å²) in [4.78, 5) is 21.9. The van der Waals surface area contributed by atoms with Crippen molar-refractivity contribution in [2.75, 3.05) is 12.1 Å². The van der Waals surface area contributed by atoms with E-state index in [1.165, 1.54) is 0 Å². The van der Waals surface area contributed by atoms with Gasteiger partial charge in [0.25, 0.3) is 0 Å². The number of hydrogen-bond donors (Lipinski definition) is 1. The summed E-state index contributed by atoms with van der Waals surface area (Å²) in [7, 11) is 0. The lowest BCUT2D eigenvalue weighted by atomic mass is 9.69. The van der Waals surface area contributed by atoms with Gasteiger partial charge in [0.15, 0.2) is 22.9 Å². The first-order valence-electron chi connectivity index (χ1n) is 9.31. The summed E-state index contributed by atoms with van der Waals surface area (Å²) in [5, 5.41) is 4.31. The lowest BCUT2D eigenvalue weighted by Crippen LogP contribution is -2.53. The third-order valence-corrected chi connectivity index (χ3v) is 5.69. The van der Waals surface area contributed by atoms with Crippen molar-refractivity contribution in [2.24, 2.45) is 0 Å². The number of carbonyl (C=O) groups excluding carboxylic acids is 1. The van der Waals surface area contributed by atoms with E-state index >= 15 is 0 Å². The van der Waals surface area contributed by atoms with Crippen LogP contribution in [0.25, 0.3) is 22.2 Å². The fourth-order valence-electron chi connectivity index (χ4n) is 4.38. The molecule has 142 valence electrons. The Hall–Kier alpha value is -3.15. The highest BCUT2D eigenvalue weighted by Crippen LogP contribution is 2.54. The molecule has 0 spiro atoms. The number of hydrogen-bond acceptors (Lipinski definition) is 6. The Bertz CT molecular complexity index is 1150. The summed E-state index contributed by atoms with van der Waals surface area (Å²) in [6, 6.07) is 7.87. The lowest BCUT2D eigenvalue weighted by Gasteiger charge is -2.42. The normalized spacial score (nSPS) is 18.6. The van der Waals surface area contributed by atoms with Crippen LogP contribution < -0.4 is 14.8 Å². The van der Waals surface area contributed by atoms with Crippen LogP contribution in [0, 0.1) is 0 Å². The molecule has 0 fully saturated rings. The zero-order chi connectivity index (χ0) is 19.7. The van der Waals surface area contributed by atoms with Crippen LogP contribution >= 0.6 is 0 Å². The van der Waals surface area contributed by atoms with Crippen molar-refractivity contribution in [3.05, 3.63) is 42.2 Å². The number of carbonyl (C=O) groups is 1. The molecule has 2 aliphatic heterocycles. The molecule has 1 aromatic carbocycles. The second-order valence-corrected chi connectivity index (χ2v) is 8.35. The van der Waals surface area contributed by atoms with Crippen LogP contribution in [0.4, 0.5) is 5.69 Å². The molecule has 5 rings (SSSR count). The number of ketones is 1. The first-order chi connectivity index (χ1) is 13.3. The Labute approximate surface area is 162 Å². The van der Waals surface area contributed by atoms with E-state index in [2.05, 4.69) is 15.3 Å². The van der Waals surface area contributed by atoms with Crippen LogP contribution in [0.1, 0.15) is 33.3 Å². The number of rotatable bonds is 1. The number of benzene rings is 1. The number of pyridine rings is 2. The van der Waals surface area contributed by atoms with E-state index in [1.54, 1.807) is 12.4 Å². The molecule has 0 radical (unpaired) electrons. The van der Waals surface area contributed by atoms with Crippen molar-refractivity contribution in [1.29, 1.82) is 0 Å². The van der Waals surface area contributed by atoms with Gasteiger partial charge in [-0.15, -0.1) is 0 Å². The third kappa shape index (κ3) is 2.17. The Morgan fingerprint density at radius 3 is 2.57 bits per heavy atom. The second-order valence-electron chi connectivity index (χ2n) is 8.35. The number of nitrogens with zero attached hydrogens (tertiary/aromatic N) is 2. The topological polar surface area (TPSA) is 73.3 Å². The second kappa shape index (κ2) is 5.44. The minimum atomic E-state index is -0.689. The van der Waals surface area contributed by atoms with E-state index in [9.17, 15) is 4.79 Å². The number of anilines is 1. The fourth-order valence-corrected chi connectivity index (χ4v) is 4.38. The van der Waals surface area contributed by atoms with Crippen LogP contribution in [0.15, 0.2) is 36.7 Å². The Kier molecular flexibility index (Phi) is 3.30. The molecule has 0 saturated carbocycles. The molecule has 3 aromatic rings. The lowest BCUT2D eigenvalue weighted by molar-refractivity contribution is -0.127. The molecule has 0 saturated heterocycles. The van der Waals surface area contributed by atoms with E-state index in [1.807, 2.05) is 52.0 Å². The Morgan fingerprint density at radius 2 is 1.75 bits per heavy atom. The zero-order valence-corrected chi connectivity index (χ0v) is 16.3. The predicted molar refractivity (Wildman–Crippen MR) is 107 cm³/mol. The third-order valence-electron chi connectivity index (χ3n) is 5.69. The molecule has 0 bridgehead atoms. The van der Waals surface area contributed by atoms with Crippen LogP contribution in [0.5, 0.6) is 11.5 Å². The highest BCUT2D eigenvalue weighted by Gasteiger charge is 2.48. The van der Waals surface area contributed by atoms with Gasteiger partial charge in [-0.3, -0.25) is 4.79 Å². The average Bonchev–Trinajstić information content (AvgIpc) is 3.16. The van der Waals surface area contributed by atoms with Crippen molar-refractivity contribution >= 4 is 22.5 Å². The van der Waals surface area contributed by atoms with Gasteiger partial charge in [0, 0.05) is 23.3 Å². The maximum absolute atomic E-state index is 13.1. The zero-order valence-electron chi connectivity index (χ0n) is 16.3. The maximum Gasteiger partial charge on any atom is 0.231 e. The van der Waals surface area contributed by atoms with Gasteiger partial charge in [0.05, 0.1) is 16.6 Å². The van der Waals surface area contributed by atoms with Gasteiger partial charge < -0.3 is 14.8 Å². The standard InChI is InChI=1S/C22H21N3O3/c1-21(2)15-10-14(12-7-9-24-19-13(12)6-5-8-23-19)17-18(28-11-27-17)16(15)25-22(3,4)20(21)26/h5-10,25H,11H2,1-4H3. The van der Waals surface area contributed by atoms with Gasteiger partial charge in [-0.25, -0.2) is 9.97 Å². The molecule has 6 heteroatoms. The average molecular weight is 375 g/mol. The van der Waals surface area contributed by atoms with Crippen LogP contribution in [0.2, 0.25) is 0 Å². The van der Waals surface area contributed by atoms with E-state index in [0.29, 0.717) is 17.1 Å². The van der Waals surface area contributed by atoms with Crippen LogP contribution in [-0.4, -0.2) is 28.1 Å². The summed E-state index contributed by atoms with van der Waals surface area (Å²) in [5.74, 6) is 1.48. The monoisotopic (exact) mass is 375 g/mol. The van der Waals surface area contributed by atoms with E-state index in [4.69, 9.17) is 9.47 Å². The van der Waals surface area contributed by atoms with Gasteiger partial charge in [0.1, 0.15) is 0 Å². The molecule has 0 aliphatic carbocycles. The molecule has 0 atom stereocenters. The largest absolute Gasteiger partial charge is 0.453 e. The van der Waals surface area contributed by atoms with Crippen LogP contribution in [-0.2, 0) is 10.2 Å². The van der Waals surface area contributed by atoms with Crippen molar-refractivity contribution in [3.63, 3.8) is 0 Å². The SMILES string of the molecule is CC1(C)Nc2c(cc(-c3ccnc4ncccc34)c3c2OCO3)C(C)(C)C1=O. The van der Waals surface area contributed by atoms with Crippen molar-refractivity contribution in [2.45, 2.75) is 38.6 Å². The van der Waals surface area contributed by atoms with Crippen LogP contribution in [0.3, 0.4) is 0 Å². The molecular formula is C22H21N3O3. The van der Waals surface area contributed by atoms with E-state index in [-0.39, 0.29) is 12.6 Å². The quantitative estimate of drug-likeness (QED) is 0.691. The van der Waals surface area contributed by atoms with Gasteiger partial charge in [-0.1, -0.05) is 0 Å². The summed E-state index contributed by atoms with van der Waals surface area (Å²) < 4.78 is 11.7. The van der Waals surface area contributed by atoms with Gasteiger partial charge in [-0.05, 0) is 63.1 Å². The molecular weight excluding hydrogens is 354 g/mol. The summed E-state index contributed by atoms with van der Waals surface area (Å²) in [6.07, 6.45) is 3.47. The summed E-state index contributed by atoms with van der Waals surface area (Å²) in [6.45, 7) is 7.89. The first kappa shape index (κ1) is 17.0. The Morgan fingerprint density at radius 1 is 1.00 bits per heavy atom. The number of aromatic nitrogens is 2. The highest BCUT2D eigenvalue weighted by atomic mass is 16.7. The van der Waals surface area contributed by atoms with Gasteiger partial charge in [-0.2, -0.15) is 0 Å². The molecule has 28 heavy (non-hydrogen) atoms. The molecule has 4 heterocycles. The minimum Gasteiger partial charge on any atom is -0.453 e. The molecule has 0 amide bonds. The minimum absolute atomic E-state index is 0.138. The molecule has 6 nitrogen and oxygen atoms in total. The highest BCUT2D eigenvalue weighted by molar-refractivity contribution is 6.05. The first-order valence-corrected chi connectivity index (χ1v) is 9.31. The summed E-state index contributed by atoms with van der Waals surface area (Å²) >= 11 is 0. The molecule has 2 aliphatic rings. The van der Waals surface area contributed by atoms with Crippen molar-refractivity contribution < 1.29 is 14.3 Å². The van der Waals surface area contributed by atoms with Gasteiger partial charge in [0.2, 0.25) is 6.79 Å². The smallest absolute Gasteiger partial charge is 0.231 e. The van der Waals surface area contributed by atoms with Crippen molar-refractivity contribution in [3.8, 4) is 22.6 Å². The Balaban J connectivity index is 1.84. The number of fused-ring (bicyclic) bond motifs is 4. The summed E-state index contributed by atoms with van der Waals surface area (Å²) in [5.41, 5.74) is 2.89. The fraction of sp³-hybridized carbons (Fsp3) is 0.318. The molecule has 1 N–H and O–H groups in total. The van der Waals surface area contributed by atoms with E-state index in [0.717, 1.165) is 27.8 Å².